The average molecular weight is 214 g/mol. The van der Waals surface area contributed by atoms with E-state index in [-0.39, 0.29) is 11.6 Å². The van der Waals surface area contributed by atoms with Crippen LogP contribution in [-0.4, -0.2) is 36.3 Å². The van der Waals surface area contributed by atoms with Gasteiger partial charge in [0.2, 0.25) is 5.91 Å². The van der Waals surface area contributed by atoms with Gasteiger partial charge in [-0.1, -0.05) is 13.8 Å². The molecule has 5 nitrogen and oxygen atoms in total. The van der Waals surface area contributed by atoms with Crippen LogP contribution in [0.15, 0.2) is 5.10 Å². The number of hydrogen-bond acceptors (Lipinski definition) is 4. The molecule has 1 amide bonds. The highest BCUT2D eigenvalue weighted by atomic mass is 16.5. The van der Waals surface area contributed by atoms with Gasteiger partial charge in [0, 0.05) is 13.5 Å². The van der Waals surface area contributed by atoms with Crippen molar-refractivity contribution in [3.8, 4) is 0 Å². The third-order valence-corrected chi connectivity index (χ3v) is 1.78. The predicted octanol–water partition coefficient (Wildman–Crippen LogP) is 1.18. The summed E-state index contributed by atoms with van der Waals surface area (Å²) in [5.74, 6) is -0.596. The molecule has 5 heteroatoms. The molecule has 0 heterocycles. The van der Waals surface area contributed by atoms with Crippen molar-refractivity contribution in [3.05, 3.63) is 0 Å². The number of hydrazone groups is 1. The van der Waals surface area contributed by atoms with Crippen molar-refractivity contribution in [1.29, 1.82) is 0 Å². The van der Waals surface area contributed by atoms with Crippen molar-refractivity contribution >= 4 is 17.6 Å². The standard InChI is InChI=1S/C10H18N2O3/c1-5-8(10(14)15-7-3)11-12(4)9(13)6-2/h5-7H2,1-4H3/b11-8+. The largest absolute Gasteiger partial charge is 0.461 e. The van der Waals surface area contributed by atoms with Crippen LogP contribution in [0.2, 0.25) is 0 Å². The van der Waals surface area contributed by atoms with E-state index in [9.17, 15) is 9.59 Å². The van der Waals surface area contributed by atoms with Gasteiger partial charge >= 0.3 is 5.97 Å². The zero-order chi connectivity index (χ0) is 11.8. The maximum absolute atomic E-state index is 11.3. The Balaban J connectivity index is 4.58. The van der Waals surface area contributed by atoms with Crippen LogP contribution >= 0.6 is 0 Å². The van der Waals surface area contributed by atoms with Crippen molar-refractivity contribution in [2.75, 3.05) is 13.7 Å². The Morgan fingerprint density at radius 3 is 2.20 bits per heavy atom. The lowest BCUT2D eigenvalue weighted by atomic mass is 10.3. The molecule has 0 aliphatic carbocycles. The third-order valence-electron chi connectivity index (χ3n) is 1.78. The van der Waals surface area contributed by atoms with Gasteiger partial charge < -0.3 is 4.74 Å². The first-order valence-corrected chi connectivity index (χ1v) is 5.07. The number of carbonyl (C=O) groups excluding carboxylic acids is 2. The molecule has 0 saturated carbocycles. The normalized spacial score (nSPS) is 11.1. The Morgan fingerprint density at radius 2 is 1.80 bits per heavy atom. The summed E-state index contributed by atoms with van der Waals surface area (Å²) in [6.07, 6.45) is 0.806. The molecule has 0 N–H and O–H groups in total. The minimum atomic E-state index is -0.462. The summed E-state index contributed by atoms with van der Waals surface area (Å²) in [6, 6.07) is 0. The summed E-state index contributed by atoms with van der Waals surface area (Å²) in [7, 11) is 1.53. The molecule has 0 unspecified atom stereocenters. The van der Waals surface area contributed by atoms with E-state index in [1.807, 2.05) is 0 Å². The van der Waals surface area contributed by atoms with E-state index in [1.165, 1.54) is 12.1 Å². The second kappa shape index (κ2) is 6.98. The number of amides is 1. The van der Waals surface area contributed by atoms with Gasteiger partial charge in [0.25, 0.3) is 0 Å². The highest BCUT2D eigenvalue weighted by Gasteiger charge is 2.13. The van der Waals surface area contributed by atoms with Gasteiger partial charge in [-0.3, -0.25) is 4.79 Å². The quantitative estimate of drug-likeness (QED) is 0.392. The van der Waals surface area contributed by atoms with E-state index in [4.69, 9.17) is 4.74 Å². The number of ether oxygens (including phenoxy) is 1. The maximum atomic E-state index is 11.3. The van der Waals surface area contributed by atoms with E-state index in [0.29, 0.717) is 19.4 Å². The predicted molar refractivity (Wildman–Crippen MR) is 57.4 cm³/mol. The number of nitrogens with zero attached hydrogens (tertiary/aromatic N) is 2. The van der Waals surface area contributed by atoms with Crippen LogP contribution in [0.1, 0.15) is 33.6 Å². The minimum absolute atomic E-state index is 0.134. The van der Waals surface area contributed by atoms with Crippen molar-refractivity contribution < 1.29 is 14.3 Å². The zero-order valence-electron chi connectivity index (χ0n) is 9.74. The van der Waals surface area contributed by atoms with E-state index in [1.54, 1.807) is 20.8 Å². The van der Waals surface area contributed by atoms with Crippen LogP contribution in [0, 0.1) is 0 Å². The molecule has 0 spiro atoms. The fourth-order valence-electron chi connectivity index (χ4n) is 0.936. The van der Waals surface area contributed by atoms with Crippen molar-refractivity contribution in [2.24, 2.45) is 5.10 Å². The van der Waals surface area contributed by atoms with Gasteiger partial charge in [-0.05, 0) is 13.3 Å². The number of carbonyl (C=O) groups is 2. The van der Waals surface area contributed by atoms with E-state index in [2.05, 4.69) is 5.10 Å². The number of rotatable bonds is 5. The van der Waals surface area contributed by atoms with E-state index in [0.717, 1.165) is 0 Å². The second-order valence-electron chi connectivity index (χ2n) is 2.89. The van der Waals surface area contributed by atoms with Crippen LogP contribution in [0.25, 0.3) is 0 Å². The molecule has 0 atom stereocenters. The molecule has 0 aromatic heterocycles. The van der Waals surface area contributed by atoms with Crippen LogP contribution < -0.4 is 0 Å². The maximum Gasteiger partial charge on any atom is 0.354 e. The Morgan fingerprint density at radius 1 is 1.20 bits per heavy atom. The summed E-state index contributed by atoms with van der Waals surface area (Å²) < 4.78 is 4.80. The number of hydrogen-bond donors (Lipinski definition) is 0. The summed E-state index contributed by atoms with van der Waals surface area (Å²) in [5, 5.41) is 5.09. The van der Waals surface area contributed by atoms with Crippen molar-refractivity contribution in [2.45, 2.75) is 33.6 Å². The summed E-state index contributed by atoms with van der Waals surface area (Å²) >= 11 is 0. The molecule has 0 bridgehead atoms. The topological polar surface area (TPSA) is 59.0 Å². The molecular formula is C10H18N2O3. The lowest BCUT2D eigenvalue weighted by molar-refractivity contribution is -0.135. The SMILES string of the molecule is CCOC(=O)/C(CC)=N/N(C)C(=O)CC. The molecule has 0 aliphatic heterocycles. The monoisotopic (exact) mass is 214 g/mol. The Labute approximate surface area is 90.1 Å². The van der Waals surface area contributed by atoms with Crippen LogP contribution in [-0.2, 0) is 14.3 Å². The molecule has 0 rings (SSSR count). The number of esters is 1. The molecule has 0 saturated heterocycles. The summed E-state index contributed by atoms with van der Waals surface area (Å²) in [5.41, 5.74) is 0.265. The fraction of sp³-hybridized carbons (Fsp3) is 0.700. The lowest BCUT2D eigenvalue weighted by Crippen LogP contribution is -2.25. The Bertz CT molecular complexity index is 261. The van der Waals surface area contributed by atoms with Crippen LogP contribution in [0.4, 0.5) is 0 Å². The van der Waals surface area contributed by atoms with E-state index < -0.39 is 5.97 Å². The molecule has 0 radical (unpaired) electrons. The molecule has 0 aromatic carbocycles. The molecule has 0 fully saturated rings. The highest BCUT2D eigenvalue weighted by molar-refractivity contribution is 6.36. The van der Waals surface area contributed by atoms with Crippen molar-refractivity contribution in [3.63, 3.8) is 0 Å². The molecule has 15 heavy (non-hydrogen) atoms. The average Bonchev–Trinajstić information content (AvgIpc) is 2.24. The highest BCUT2D eigenvalue weighted by Crippen LogP contribution is 1.97. The van der Waals surface area contributed by atoms with Crippen LogP contribution in [0.3, 0.4) is 0 Å². The van der Waals surface area contributed by atoms with Gasteiger partial charge in [-0.25, -0.2) is 9.80 Å². The van der Waals surface area contributed by atoms with E-state index >= 15 is 0 Å². The van der Waals surface area contributed by atoms with Crippen molar-refractivity contribution in [1.82, 2.24) is 5.01 Å². The second-order valence-corrected chi connectivity index (χ2v) is 2.89. The Hall–Kier alpha value is -1.39. The fourth-order valence-corrected chi connectivity index (χ4v) is 0.936. The first-order valence-electron chi connectivity index (χ1n) is 5.07. The lowest BCUT2D eigenvalue weighted by Gasteiger charge is -2.11. The Kier molecular flexibility index (Phi) is 6.33. The smallest absolute Gasteiger partial charge is 0.354 e. The third kappa shape index (κ3) is 4.58. The molecule has 0 aromatic rings. The minimum Gasteiger partial charge on any atom is -0.461 e. The van der Waals surface area contributed by atoms with Gasteiger partial charge in [0.05, 0.1) is 6.61 Å². The first kappa shape index (κ1) is 13.6. The summed E-state index contributed by atoms with van der Waals surface area (Å²) in [6.45, 7) is 5.57. The van der Waals surface area contributed by atoms with Gasteiger partial charge in [0.15, 0.2) is 0 Å². The molecule has 86 valence electrons. The summed E-state index contributed by atoms with van der Waals surface area (Å²) in [4.78, 5) is 22.5. The van der Waals surface area contributed by atoms with Gasteiger partial charge in [-0.2, -0.15) is 5.10 Å². The molecule has 0 aliphatic rings. The van der Waals surface area contributed by atoms with Gasteiger partial charge in [0.1, 0.15) is 5.71 Å². The molecular weight excluding hydrogens is 196 g/mol. The van der Waals surface area contributed by atoms with Gasteiger partial charge in [-0.15, -0.1) is 0 Å². The van der Waals surface area contributed by atoms with Crippen LogP contribution in [0.5, 0.6) is 0 Å². The first-order chi connectivity index (χ1) is 7.06. The zero-order valence-corrected chi connectivity index (χ0v) is 9.74.